The Labute approximate surface area is 273 Å². The molecule has 246 valence electrons. The summed E-state index contributed by atoms with van der Waals surface area (Å²) in [5, 5.41) is 13.3. The minimum absolute atomic E-state index is 0.0352. The molecule has 2 aromatic heterocycles. The molecule has 2 aromatic carbocycles. The molecule has 0 bridgehead atoms. The number of fused-ring (bicyclic) bond motifs is 1. The van der Waals surface area contributed by atoms with Crippen LogP contribution < -0.4 is 28.2 Å². The molecule has 8 N–H and O–H groups in total. The van der Waals surface area contributed by atoms with Gasteiger partial charge < -0.3 is 27.5 Å². The number of nitrogens with zero attached hydrogens (tertiary/aromatic N) is 4. The van der Waals surface area contributed by atoms with Crippen molar-refractivity contribution in [2.24, 2.45) is 22.2 Å². The van der Waals surface area contributed by atoms with Crippen molar-refractivity contribution in [1.29, 1.82) is 5.26 Å². The Morgan fingerprint density at radius 3 is 2.30 bits per heavy atom. The summed E-state index contributed by atoms with van der Waals surface area (Å²) in [7, 11) is 0. The number of nitriles is 1. The van der Waals surface area contributed by atoms with Gasteiger partial charge in [-0.2, -0.15) is 10.2 Å². The molecule has 0 atom stereocenters. The lowest BCUT2D eigenvalue weighted by molar-refractivity contribution is 0.574. The fourth-order valence-electron chi connectivity index (χ4n) is 4.81. The molecule has 4 aromatic rings. The number of hydrogen-bond acceptors (Lipinski definition) is 6. The van der Waals surface area contributed by atoms with Crippen LogP contribution >= 0.6 is 0 Å². The molecule has 10 heteroatoms. The second-order valence-electron chi connectivity index (χ2n) is 13.7. The van der Waals surface area contributed by atoms with E-state index in [2.05, 4.69) is 80.0 Å². The maximum atomic E-state index is 12.5. The van der Waals surface area contributed by atoms with Gasteiger partial charge in [-0.3, -0.25) is 9.56 Å². The molecule has 0 spiro atoms. The number of hydrogen-bond donors (Lipinski definition) is 5. The van der Waals surface area contributed by atoms with E-state index < -0.39 is 0 Å². The monoisotopic (exact) mass is 625 g/mol. The molecular formula is C36H51N9O. The first-order chi connectivity index (χ1) is 21.7. The molecule has 0 aliphatic rings. The van der Waals surface area contributed by atoms with Crippen LogP contribution in [-0.4, -0.2) is 40.1 Å². The molecule has 0 unspecified atom stereocenters. The maximum Gasteiger partial charge on any atom is 0.354 e. The zero-order valence-corrected chi connectivity index (χ0v) is 28.3. The van der Waals surface area contributed by atoms with Crippen molar-refractivity contribution in [3.8, 4) is 11.8 Å². The predicted molar refractivity (Wildman–Crippen MR) is 189 cm³/mol. The van der Waals surface area contributed by atoms with Crippen molar-refractivity contribution in [3.63, 3.8) is 0 Å². The lowest BCUT2D eigenvalue weighted by atomic mass is 9.84. The van der Waals surface area contributed by atoms with Gasteiger partial charge in [-0.15, -0.1) is 0 Å². The van der Waals surface area contributed by atoms with Crippen LogP contribution in [0.1, 0.15) is 88.8 Å². The lowest BCUT2D eigenvalue weighted by Crippen LogP contribution is -2.23. The number of benzene rings is 2. The number of aliphatic imine (C=N–C) groups is 1. The quantitative estimate of drug-likeness (QED) is 0.0894. The van der Waals surface area contributed by atoms with Crippen LogP contribution in [0.4, 0.5) is 0 Å². The number of H-pyrrole nitrogens is 1. The fourth-order valence-corrected chi connectivity index (χ4v) is 4.81. The lowest BCUT2D eigenvalue weighted by Gasteiger charge is -2.20. The number of aromatic nitrogens is 3. The summed E-state index contributed by atoms with van der Waals surface area (Å²) in [6.07, 6.45) is 5.85. The SMILES string of the molecule is CC(C)(C)c1cc(C#N)cc(CCCCN)c1.CC(C)(C)c1cc2cn(-c3ccc(CNCCCN=C(N)N)cc3)c(=O)nc2[nH]1. The van der Waals surface area contributed by atoms with Crippen LogP contribution in [0.5, 0.6) is 0 Å². The van der Waals surface area contributed by atoms with E-state index in [1.54, 1.807) is 4.57 Å². The van der Waals surface area contributed by atoms with Crippen LogP contribution in [0.2, 0.25) is 0 Å². The minimum Gasteiger partial charge on any atom is -0.370 e. The average Bonchev–Trinajstić information content (AvgIpc) is 3.42. The molecule has 4 rings (SSSR count). The smallest absolute Gasteiger partial charge is 0.354 e. The van der Waals surface area contributed by atoms with Crippen molar-refractivity contribution in [1.82, 2.24) is 19.9 Å². The standard InChI is InChI=1S/C21H29N7O.C15H22N2/c1-21(2,3)17-11-15-13-28(20(29)27-18(15)26-17)16-7-5-14(6-8-16)12-24-9-4-10-25-19(22)23;1-15(2,3)14-9-12(6-4-5-7-16)8-13(10-14)11-17/h5-8,11,13,24H,4,9-10,12H2,1-3H3,(H4,22,23,25)(H,26,27,29);8-10H,4-7,16H2,1-3H3. The summed E-state index contributed by atoms with van der Waals surface area (Å²) < 4.78 is 1.58. The molecule has 2 heterocycles. The Balaban J connectivity index is 0.000000289. The molecule has 0 saturated heterocycles. The van der Waals surface area contributed by atoms with Crippen LogP contribution in [0, 0.1) is 11.3 Å². The normalized spacial score (nSPS) is 11.5. The van der Waals surface area contributed by atoms with Gasteiger partial charge >= 0.3 is 5.69 Å². The molecule has 0 saturated carbocycles. The zero-order chi connectivity index (χ0) is 33.9. The number of unbranched alkanes of at least 4 members (excludes halogenated alkanes) is 1. The van der Waals surface area contributed by atoms with Crippen LogP contribution in [0.3, 0.4) is 0 Å². The van der Waals surface area contributed by atoms with Crippen LogP contribution in [0.15, 0.2) is 64.5 Å². The summed E-state index contributed by atoms with van der Waals surface area (Å²) in [5.74, 6) is 0.123. The third-order valence-corrected chi connectivity index (χ3v) is 7.57. The Morgan fingerprint density at radius 2 is 1.70 bits per heavy atom. The third-order valence-electron chi connectivity index (χ3n) is 7.57. The van der Waals surface area contributed by atoms with E-state index in [1.807, 2.05) is 42.6 Å². The number of nitrogens with two attached hydrogens (primary N) is 3. The Morgan fingerprint density at radius 1 is 0.978 bits per heavy atom. The molecular weight excluding hydrogens is 574 g/mol. The van der Waals surface area contributed by atoms with E-state index in [0.717, 1.165) is 73.2 Å². The molecule has 46 heavy (non-hydrogen) atoms. The van der Waals surface area contributed by atoms with Gasteiger partial charge in [0.25, 0.3) is 0 Å². The van der Waals surface area contributed by atoms with E-state index in [1.165, 1.54) is 11.1 Å². The second kappa shape index (κ2) is 16.2. The van der Waals surface area contributed by atoms with E-state index in [9.17, 15) is 4.79 Å². The number of aryl methyl sites for hydroxylation is 1. The summed E-state index contributed by atoms with van der Waals surface area (Å²) >= 11 is 0. The van der Waals surface area contributed by atoms with Crippen molar-refractivity contribution in [2.45, 2.75) is 84.6 Å². The van der Waals surface area contributed by atoms with E-state index in [4.69, 9.17) is 22.5 Å². The number of guanidine groups is 1. The predicted octanol–water partition coefficient (Wildman–Crippen LogP) is 4.90. The molecule has 0 aliphatic carbocycles. The van der Waals surface area contributed by atoms with E-state index in [0.29, 0.717) is 12.2 Å². The minimum atomic E-state index is -0.301. The molecule has 0 fully saturated rings. The van der Waals surface area contributed by atoms with Crippen molar-refractivity contribution in [2.75, 3.05) is 19.6 Å². The Hall–Kier alpha value is -4.46. The maximum absolute atomic E-state index is 12.5. The Kier molecular flexibility index (Phi) is 12.7. The van der Waals surface area contributed by atoms with Gasteiger partial charge in [0.15, 0.2) is 5.96 Å². The summed E-state index contributed by atoms with van der Waals surface area (Å²) in [5.41, 5.74) is 22.7. The summed E-state index contributed by atoms with van der Waals surface area (Å²) in [4.78, 5) is 23.9. The van der Waals surface area contributed by atoms with Gasteiger partial charge in [0.05, 0.1) is 17.3 Å². The van der Waals surface area contributed by atoms with Gasteiger partial charge in [-0.1, -0.05) is 59.7 Å². The Bertz CT molecular complexity index is 1690. The molecule has 10 nitrogen and oxygen atoms in total. The van der Waals surface area contributed by atoms with Gasteiger partial charge in [-0.25, -0.2) is 4.79 Å². The van der Waals surface area contributed by atoms with Crippen LogP contribution in [0.25, 0.3) is 16.7 Å². The van der Waals surface area contributed by atoms with Gasteiger partial charge in [-0.05, 0) is 91.2 Å². The van der Waals surface area contributed by atoms with Crippen LogP contribution in [-0.2, 0) is 23.8 Å². The van der Waals surface area contributed by atoms with Gasteiger partial charge in [0.1, 0.15) is 5.65 Å². The first-order valence-electron chi connectivity index (χ1n) is 15.9. The highest BCUT2D eigenvalue weighted by atomic mass is 16.1. The van der Waals surface area contributed by atoms with Gasteiger partial charge in [0, 0.05) is 35.8 Å². The van der Waals surface area contributed by atoms with Gasteiger partial charge in [0.2, 0.25) is 0 Å². The summed E-state index contributed by atoms with van der Waals surface area (Å²) in [6.45, 7) is 15.8. The first kappa shape index (κ1) is 36.0. The topological polar surface area (TPSA) is 177 Å². The molecule has 0 aliphatic heterocycles. The largest absolute Gasteiger partial charge is 0.370 e. The first-order valence-corrected chi connectivity index (χ1v) is 15.9. The van der Waals surface area contributed by atoms with Crippen molar-refractivity contribution in [3.05, 3.63) is 93.2 Å². The fraction of sp³-hybridized carbons (Fsp3) is 0.444. The number of nitrogens with one attached hydrogen (secondary N) is 2. The van der Waals surface area contributed by atoms with E-state index in [-0.39, 0.29) is 22.5 Å². The zero-order valence-electron chi connectivity index (χ0n) is 28.3. The number of rotatable bonds is 11. The third kappa shape index (κ3) is 10.9. The highest BCUT2D eigenvalue weighted by Crippen LogP contribution is 2.26. The average molecular weight is 626 g/mol. The van der Waals surface area contributed by atoms with Crippen molar-refractivity contribution >= 4 is 17.0 Å². The molecule has 0 radical (unpaired) electrons. The van der Waals surface area contributed by atoms with E-state index >= 15 is 0 Å². The highest BCUT2D eigenvalue weighted by Gasteiger charge is 2.18. The molecule has 0 amide bonds. The number of aromatic amines is 1. The summed E-state index contributed by atoms with van der Waals surface area (Å²) in [6, 6.07) is 18.4. The second-order valence-corrected chi connectivity index (χ2v) is 13.7. The highest BCUT2D eigenvalue weighted by molar-refractivity contribution is 5.76. The van der Waals surface area contributed by atoms with Crippen molar-refractivity contribution < 1.29 is 0 Å².